The first kappa shape index (κ1) is 28.9. The molecule has 0 spiro atoms. The number of carbonyl (C=O) groups excluding carboxylic acids is 2. The van der Waals surface area contributed by atoms with E-state index < -0.39 is 30.1 Å². The van der Waals surface area contributed by atoms with Gasteiger partial charge in [0.2, 0.25) is 0 Å². The third kappa shape index (κ3) is 8.11. The molecule has 1 heterocycles. The number of ether oxygens (including phenoxy) is 2. The number of rotatable bonds is 13. The molecule has 1 aromatic carbocycles. The summed E-state index contributed by atoms with van der Waals surface area (Å²) in [7, 11) is 1.40. The van der Waals surface area contributed by atoms with E-state index in [1.54, 1.807) is 6.07 Å². The molecule has 1 atom stereocenters. The summed E-state index contributed by atoms with van der Waals surface area (Å²) in [4.78, 5) is 26.0. The molecule has 0 aliphatic rings. The minimum atomic E-state index is -5.21. The molecule has 0 fully saturated rings. The normalized spacial score (nSPS) is 12.5. The van der Waals surface area contributed by atoms with E-state index in [9.17, 15) is 22.8 Å². The zero-order chi connectivity index (χ0) is 26.9. The summed E-state index contributed by atoms with van der Waals surface area (Å²) in [5.41, 5.74) is 0.659. The lowest BCUT2D eigenvalue weighted by Crippen LogP contribution is -2.40. The summed E-state index contributed by atoms with van der Waals surface area (Å²) in [5, 5.41) is 13.5. The van der Waals surface area contributed by atoms with Gasteiger partial charge in [0, 0.05) is 18.3 Å². The number of hydrogen-bond donors (Lipinski definition) is 2. The number of anilines is 2. The predicted molar refractivity (Wildman–Crippen MR) is 127 cm³/mol. The summed E-state index contributed by atoms with van der Waals surface area (Å²) in [6.07, 6.45) is -5.95. The Morgan fingerprint density at radius 3 is 2.44 bits per heavy atom. The maximum atomic E-state index is 12.6. The number of amides is 1. The van der Waals surface area contributed by atoms with Crippen LogP contribution in [-0.4, -0.2) is 72.5 Å². The highest BCUT2D eigenvalue weighted by molar-refractivity contribution is 5.96. The van der Waals surface area contributed by atoms with Crippen LogP contribution in [0.15, 0.2) is 22.6 Å². The maximum absolute atomic E-state index is 12.6. The van der Waals surface area contributed by atoms with Crippen LogP contribution in [0.5, 0.6) is 5.75 Å². The predicted octanol–water partition coefficient (Wildman–Crippen LogP) is 3.96. The number of nitrogens with zero attached hydrogens (tertiary/aromatic N) is 3. The molecule has 0 aliphatic carbocycles. The van der Waals surface area contributed by atoms with Crippen LogP contribution < -0.4 is 15.4 Å². The fourth-order valence-corrected chi connectivity index (χ4v) is 3.27. The van der Waals surface area contributed by atoms with Gasteiger partial charge in [-0.05, 0) is 44.1 Å². The van der Waals surface area contributed by atoms with Gasteiger partial charge in [-0.25, -0.2) is 4.79 Å². The van der Waals surface area contributed by atoms with Crippen molar-refractivity contribution in [3.8, 4) is 17.2 Å². The Bertz CT molecular complexity index is 1010. The van der Waals surface area contributed by atoms with Crippen molar-refractivity contribution in [2.75, 3.05) is 43.9 Å². The topological polar surface area (TPSA) is 119 Å². The van der Waals surface area contributed by atoms with Crippen molar-refractivity contribution in [2.45, 2.75) is 46.4 Å². The zero-order valence-corrected chi connectivity index (χ0v) is 20.9. The van der Waals surface area contributed by atoms with Gasteiger partial charge >= 0.3 is 18.2 Å². The monoisotopic (exact) mass is 515 g/mol. The van der Waals surface area contributed by atoms with Crippen molar-refractivity contribution in [3.63, 3.8) is 0 Å². The molecular formula is C23H32F3N5O5. The van der Waals surface area contributed by atoms with E-state index in [1.165, 1.54) is 33.1 Å². The van der Waals surface area contributed by atoms with Crippen molar-refractivity contribution in [3.05, 3.63) is 18.2 Å². The molecule has 0 saturated carbocycles. The third-order valence-electron chi connectivity index (χ3n) is 5.28. The molecule has 2 rings (SSSR count). The van der Waals surface area contributed by atoms with Gasteiger partial charge < -0.3 is 29.4 Å². The molecule has 1 aromatic heterocycles. The molecule has 1 amide bonds. The van der Waals surface area contributed by atoms with Crippen LogP contribution in [-0.2, 0) is 14.3 Å². The average Bonchev–Trinajstić information content (AvgIpc) is 3.30. The molecule has 0 aliphatic heterocycles. The fourth-order valence-electron chi connectivity index (χ4n) is 3.27. The number of benzene rings is 1. The number of aromatic nitrogens is 2. The number of hydrogen-bond acceptors (Lipinski definition) is 9. The Kier molecular flexibility index (Phi) is 10.5. The van der Waals surface area contributed by atoms with Crippen molar-refractivity contribution >= 4 is 23.6 Å². The SMILES string of the molecule is CCN(CC)CCCNc1nnc(-c2ccc(NC(=O)C(OC(=O)C(F)(F)F)C(C)C)cc2OC)o1. The van der Waals surface area contributed by atoms with E-state index in [-0.39, 0.29) is 23.3 Å². The van der Waals surface area contributed by atoms with Crippen LogP contribution in [0.2, 0.25) is 0 Å². The van der Waals surface area contributed by atoms with Gasteiger partial charge in [0.1, 0.15) is 5.75 Å². The quantitative estimate of drug-likeness (QED) is 0.302. The molecule has 2 N–H and O–H groups in total. The van der Waals surface area contributed by atoms with E-state index in [0.29, 0.717) is 12.1 Å². The van der Waals surface area contributed by atoms with E-state index in [1.807, 2.05) is 0 Å². The van der Waals surface area contributed by atoms with Crippen molar-refractivity contribution in [1.29, 1.82) is 0 Å². The summed E-state index contributed by atoms with van der Waals surface area (Å²) in [6.45, 7) is 10.7. The smallest absolute Gasteiger partial charge is 0.490 e. The zero-order valence-electron chi connectivity index (χ0n) is 20.9. The Morgan fingerprint density at radius 1 is 1.17 bits per heavy atom. The highest BCUT2D eigenvalue weighted by atomic mass is 19.4. The Morgan fingerprint density at radius 2 is 1.86 bits per heavy atom. The van der Waals surface area contributed by atoms with Crippen molar-refractivity contribution in [1.82, 2.24) is 15.1 Å². The van der Waals surface area contributed by atoms with Gasteiger partial charge in [-0.2, -0.15) is 13.2 Å². The average molecular weight is 516 g/mol. The van der Waals surface area contributed by atoms with Crippen molar-refractivity contribution in [2.24, 2.45) is 5.92 Å². The molecule has 0 saturated heterocycles. The Labute approximate surface area is 207 Å². The number of nitrogens with one attached hydrogen (secondary N) is 2. The number of methoxy groups -OCH3 is 1. The second-order valence-electron chi connectivity index (χ2n) is 8.19. The van der Waals surface area contributed by atoms with Crippen molar-refractivity contribution < 1.29 is 36.7 Å². The molecule has 10 nitrogen and oxygen atoms in total. The molecule has 0 radical (unpaired) electrons. The first-order valence-electron chi connectivity index (χ1n) is 11.6. The second kappa shape index (κ2) is 13.1. The fraction of sp³-hybridized carbons (Fsp3) is 0.565. The second-order valence-corrected chi connectivity index (χ2v) is 8.19. The van der Waals surface area contributed by atoms with Crippen LogP contribution in [0, 0.1) is 5.92 Å². The van der Waals surface area contributed by atoms with E-state index in [0.717, 1.165) is 26.1 Å². The minimum absolute atomic E-state index is 0.176. The number of esters is 1. The lowest BCUT2D eigenvalue weighted by molar-refractivity contribution is -0.206. The number of alkyl halides is 3. The number of carbonyl (C=O) groups is 2. The summed E-state index contributed by atoms with van der Waals surface area (Å²) in [5.74, 6) is -3.59. The standard InChI is InChI=1S/C23H32F3N5O5/c1-6-31(7-2)12-8-11-27-22-30-29-20(36-22)16-10-9-15(13-17(16)34-5)28-19(32)18(14(3)4)35-21(33)23(24,25)26/h9-10,13-14,18H,6-8,11-12H2,1-5H3,(H,27,30)(H,28,32). The van der Waals surface area contributed by atoms with E-state index in [4.69, 9.17) is 9.15 Å². The first-order chi connectivity index (χ1) is 17.0. The lowest BCUT2D eigenvalue weighted by atomic mass is 10.1. The maximum Gasteiger partial charge on any atom is 0.490 e. The largest absolute Gasteiger partial charge is 0.496 e. The van der Waals surface area contributed by atoms with Gasteiger partial charge in [0.05, 0.1) is 12.7 Å². The molecule has 1 unspecified atom stereocenters. The van der Waals surface area contributed by atoms with Gasteiger partial charge in [0.15, 0.2) is 6.10 Å². The Hall–Kier alpha value is -3.35. The molecule has 2 aromatic rings. The van der Waals surface area contributed by atoms with Crippen LogP contribution in [0.25, 0.3) is 11.5 Å². The van der Waals surface area contributed by atoms with Gasteiger partial charge in [0.25, 0.3) is 11.8 Å². The van der Waals surface area contributed by atoms with Crippen LogP contribution >= 0.6 is 0 Å². The molecule has 13 heteroatoms. The summed E-state index contributed by atoms with van der Waals surface area (Å²) < 4.78 is 53.1. The first-order valence-corrected chi connectivity index (χ1v) is 11.6. The molecule has 200 valence electrons. The molecule has 36 heavy (non-hydrogen) atoms. The van der Waals surface area contributed by atoms with Crippen LogP contribution in [0.3, 0.4) is 0 Å². The lowest BCUT2D eigenvalue weighted by Gasteiger charge is -2.21. The van der Waals surface area contributed by atoms with E-state index >= 15 is 0 Å². The minimum Gasteiger partial charge on any atom is -0.496 e. The Balaban J connectivity index is 2.07. The molecule has 0 bridgehead atoms. The van der Waals surface area contributed by atoms with Gasteiger partial charge in [-0.1, -0.05) is 32.8 Å². The summed E-state index contributed by atoms with van der Waals surface area (Å²) >= 11 is 0. The highest BCUT2D eigenvalue weighted by Crippen LogP contribution is 2.32. The van der Waals surface area contributed by atoms with E-state index in [2.05, 4.69) is 44.3 Å². The third-order valence-corrected chi connectivity index (χ3v) is 5.28. The number of halogens is 3. The highest BCUT2D eigenvalue weighted by Gasteiger charge is 2.44. The molecular weight excluding hydrogens is 483 g/mol. The van der Waals surface area contributed by atoms with Crippen LogP contribution in [0.1, 0.15) is 34.1 Å². The summed E-state index contributed by atoms with van der Waals surface area (Å²) in [6, 6.07) is 4.73. The van der Waals surface area contributed by atoms with Gasteiger partial charge in [-0.3, -0.25) is 4.79 Å². The van der Waals surface area contributed by atoms with Gasteiger partial charge in [-0.15, -0.1) is 5.10 Å². The van der Waals surface area contributed by atoms with Crippen LogP contribution in [0.4, 0.5) is 24.9 Å².